The summed E-state index contributed by atoms with van der Waals surface area (Å²) < 4.78 is 0. The lowest BCUT2D eigenvalue weighted by atomic mass is 10.4. The van der Waals surface area contributed by atoms with Gasteiger partial charge in [0.25, 0.3) is 0 Å². The molecule has 0 unspecified atom stereocenters. The van der Waals surface area contributed by atoms with Gasteiger partial charge in [-0.2, -0.15) is 0 Å². The molecule has 2 heterocycles. The highest BCUT2D eigenvalue weighted by Crippen LogP contribution is 2.38. The minimum absolute atomic E-state index is 0.0337. The van der Waals surface area contributed by atoms with Gasteiger partial charge >= 0.3 is 0 Å². The molecule has 1 saturated carbocycles. The van der Waals surface area contributed by atoms with Crippen LogP contribution < -0.4 is 4.90 Å². The fourth-order valence-electron chi connectivity index (χ4n) is 1.85. The van der Waals surface area contributed by atoms with Crippen LogP contribution in [-0.2, 0) is 13.2 Å². The van der Waals surface area contributed by atoms with Crippen LogP contribution in [0.5, 0.6) is 0 Å². The number of aliphatic hydroxyl groups is 1. The molecule has 1 N–H and O–H groups in total. The molecule has 18 heavy (non-hydrogen) atoms. The smallest absolute Gasteiger partial charge is 0.187 e. The summed E-state index contributed by atoms with van der Waals surface area (Å²) in [5.41, 5.74) is 0. The lowest BCUT2D eigenvalue weighted by Gasteiger charge is -2.20. The van der Waals surface area contributed by atoms with Crippen molar-refractivity contribution in [3.63, 3.8) is 0 Å². The van der Waals surface area contributed by atoms with Gasteiger partial charge in [0.1, 0.15) is 5.15 Å². The van der Waals surface area contributed by atoms with Crippen LogP contribution in [0.2, 0.25) is 5.15 Å². The van der Waals surface area contributed by atoms with Crippen molar-refractivity contribution in [2.75, 3.05) is 4.90 Å². The van der Waals surface area contributed by atoms with Gasteiger partial charge in [-0.3, -0.25) is 0 Å². The first-order valence-electron chi connectivity index (χ1n) is 5.83. The first-order chi connectivity index (χ1) is 8.78. The molecule has 2 aromatic rings. The highest BCUT2D eigenvalue weighted by molar-refractivity contribution is 7.16. The number of rotatable bonds is 5. The Labute approximate surface area is 119 Å². The van der Waals surface area contributed by atoms with E-state index in [9.17, 15) is 5.11 Å². The third kappa shape index (κ3) is 2.54. The van der Waals surface area contributed by atoms with Crippen molar-refractivity contribution in [2.24, 2.45) is 0 Å². The molecule has 0 atom stereocenters. The minimum Gasteiger partial charge on any atom is -0.391 e. The van der Waals surface area contributed by atoms with Gasteiger partial charge in [0, 0.05) is 10.9 Å². The second-order valence-electron chi connectivity index (χ2n) is 4.31. The monoisotopic (exact) mass is 300 g/mol. The number of hydrogen-bond donors (Lipinski definition) is 1. The van der Waals surface area contributed by atoms with Crippen LogP contribution in [0.3, 0.4) is 0 Å². The fraction of sp³-hybridized carbons (Fsp3) is 0.417. The zero-order chi connectivity index (χ0) is 12.5. The molecule has 1 fully saturated rings. The molecule has 0 amide bonds. The maximum absolute atomic E-state index is 9.19. The summed E-state index contributed by atoms with van der Waals surface area (Å²) in [7, 11) is 0. The molecule has 0 radical (unpaired) electrons. The van der Waals surface area contributed by atoms with Gasteiger partial charge in [0.15, 0.2) is 5.13 Å². The van der Waals surface area contributed by atoms with E-state index in [1.54, 1.807) is 11.3 Å². The number of hydrogen-bond acceptors (Lipinski definition) is 5. The van der Waals surface area contributed by atoms with Crippen molar-refractivity contribution in [1.82, 2.24) is 4.98 Å². The highest BCUT2D eigenvalue weighted by atomic mass is 35.5. The Morgan fingerprint density at radius 3 is 2.89 bits per heavy atom. The van der Waals surface area contributed by atoms with Gasteiger partial charge in [-0.15, -0.1) is 11.3 Å². The molecule has 1 aliphatic rings. The first-order valence-corrected chi connectivity index (χ1v) is 7.90. The van der Waals surface area contributed by atoms with Crippen molar-refractivity contribution >= 4 is 39.4 Å². The van der Waals surface area contributed by atoms with Crippen LogP contribution in [0.1, 0.15) is 22.6 Å². The molecule has 0 spiro atoms. The summed E-state index contributed by atoms with van der Waals surface area (Å²) in [5, 5.41) is 12.7. The quantitative estimate of drug-likeness (QED) is 0.918. The van der Waals surface area contributed by atoms with Gasteiger partial charge in [-0.05, 0) is 24.3 Å². The molecule has 96 valence electrons. The second-order valence-corrected chi connectivity index (χ2v) is 6.76. The Hall–Kier alpha value is -0.620. The van der Waals surface area contributed by atoms with Crippen molar-refractivity contribution < 1.29 is 5.11 Å². The largest absolute Gasteiger partial charge is 0.391 e. The van der Waals surface area contributed by atoms with E-state index >= 15 is 0 Å². The number of halogens is 1. The Balaban J connectivity index is 1.84. The molecular formula is C12H13ClN2OS2. The molecule has 1 aliphatic carbocycles. The van der Waals surface area contributed by atoms with Crippen LogP contribution >= 0.6 is 34.3 Å². The van der Waals surface area contributed by atoms with Crippen LogP contribution in [0.15, 0.2) is 17.5 Å². The normalized spacial score (nSPS) is 15.0. The summed E-state index contributed by atoms with van der Waals surface area (Å²) in [6.07, 6.45) is 2.44. The number of nitrogens with zero attached hydrogens (tertiary/aromatic N) is 2. The van der Waals surface area contributed by atoms with Crippen LogP contribution in [0, 0.1) is 0 Å². The topological polar surface area (TPSA) is 36.4 Å². The van der Waals surface area contributed by atoms with E-state index < -0.39 is 0 Å². The lowest BCUT2D eigenvalue weighted by molar-refractivity contribution is 0.285. The van der Waals surface area contributed by atoms with E-state index in [-0.39, 0.29) is 6.61 Å². The summed E-state index contributed by atoms with van der Waals surface area (Å²) in [5.74, 6) is 0. The van der Waals surface area contributed by atoms with E-state index in [0.717, 1.165) is 16.6 Å². The summed E-state index contributed by atoms with van der Waals surface area (Å²) in [4.78, 5) is 8.77. The van der Waals surface area contributed by atoms with Crippen molar-refractivity contribution in [2.45, 2.75) is 32.0 Å². The summed E-state index contributed by atoms with van der Waals surface area (Å²) in [6, 6.07) is 4.79. The molecule has 0 aliphatic heterocycles. The lowest BCUT2D eigenvalue weighted by Crippen LogP contribution is -2.24. The molecule has 3 nitrogen and oxygen atoms in total. The highest BCUT2D eigenvalue weighted by Gasteiger charge is 2.31. The Bertz CT molecular complexity index is 522. The molecule has 6 heteroatoms. The average Bonchev–Trinajstić information content (AvgIpc) is 2.94. The number of aromatic nitrogens is 1. The maximum atomic E-state index is 9.19. The van der Waals surface area contributed by atoms with E-state index in [0.29, 0.717) is 11.2 Å². The third-order valence-electron chi connectivity index (χ3n) is 2.92. The molecule has 3 rings (SSSR count). The molecule has 0 aromatic carbocycles. The number of anilines is 1. The number of aliphatic hydroxyl groups excluding tert-OH is 1. The summed E-state index contributed by atoms with van der Waals surface area (Å²) in [6.45, 7) is 0.852. The number of thiazole rings is 1. The van der Waals surface area contributed by atoms with Gasteiger partial charge in [-0.1, -0.05) is 29.0 Å². The van der Waals surface area contributed by atoms with Crippen molar-refractivity contribution in [3.05, 3.63) is 32.4 Å². The summed E-state index contributed by atoms with van der Waals surface area (Å²) >= 11 is 9.27. The van der Waals surface area contributed by atoms with Crippen molar-refractivity contribution in [1.29, 1.82) is 0 Å². The average molecular weight is 301 g/mol. The fourth-order valence-corrected chi connectivity index (χ4v) is 3.74. The van der Waals surface area contributed by atoms with Gasteiger partial charge in [0.05, 0.1) is 18.0 Å². The predicted molar refractivity (Wildman–Crippen MR) is 76.6 cm³/mol. The van der Waals surface area contributed by atoms with E-state index in [2.05, 4.69) is 27.4 Å². The SMILES string of the molecule is OCc1sc(N(Cc2cccs2)C2CC2)nc1Cl. The van der Waals surface area contributed by atoms with Gasteiger partial charge in [-0.25, -0.2) is 4.98 Å². The first kappa shape index (κ1) is 12.4. The zero-order valence-electron chi connectivity index (χ0n) is 9.67. The van der Waals surface area contributed by atoms with E-state index in [4.69, 9.17) is 11.6 Å². The minimum atomic E-state index is -0.0337. The van der Waals surface area contributed by atoms with Gasteiger partial charge < -0.3 is 10.0 Å². The molecule has 2 aromatic heterocycles. The molecule has 0 bridgehead atoms. The van der Waals surface area contributed by atoms with Crippen molar-refractivity contribution in [3.8, 4) is 0 Å². The molecule has 0 saturated heterocycles. The molecular weight excluding hydrogens is 288 g/mol. The van der Waals surface area contributed by atoms with E-state index in [1.807, 2.05) is 0 Å². The predicted octanol–water partition coefficient (Wildman–Crippen LogP) is 3.52. The Kier molecular flexibility index (Phi) is 3.56. The maximum Gasteiger partial charge on any atom is 0.187 e. The zero-order valence-corrected chi connectivity index (χ0v) is 12.1. The Morgan fingerprint density at radius 2 is 2.33 bits per heavy atom. The van der Waals surface area contributed by atoms with E-state index in [1.165, 1.54) is 29.1 Å². The van der Waals surface area contributed by atoms with Crippen LogP contribution in [0.4, 0.5) is 5.13 Å². The standard InChI is InChI=1S/C12H13ClN2OS2/c13-11-10(7-16)18-12(14-11)15(8-3-4-8)6-9-2-1-5-17-9/h1-2,5,8,16H,3-4,6-7H2. The van der Waals surface area contributed by atoms with Crippen LogP contribution in [-0.4, -0.2) is 16.1 Å². The van der Waals surface area contributed by atoms with Crippen LogP contribution in [0.25, 0.3) is 0 Å². The van der Waals surface area contributed by atoms with Gasteiger partial charge in [0.2, 0.25) is 0 Å². The second kappa shape index (κ2) is 5.17. The Morgan fingerprint density at radius 1 is 1.50 bits per heavy atom. The third-order valence-corrected chi connectivity index (χ3v) is 5.28. The number of thiophene rings is 1.